The molecule has 1 atom stereocenters. The normalized spacial score (nSPS) is 30.2. The van der Waals surface area contributed by atoms with Gasteiger partial charge >= 0.3 is 0 Å². The molecule has 0 bridgehead atoms. The van der Waals surface area contributed by atoms with Gasteiger partial charge in [-0.3, -0.25) is 0 Å². The first-order valence-electron chi connectivity index (χ1n) is 7.37. The van der Waals surface area contributed by atoms with Crippen LogP contribution >= 0.6 is 0 Å². The largest absolute Gasteiger partial charge is 0.316 e. The van der Waals surface area contributed by atoms with E-state index in [4.69, 9.17) is 0 Å². The van der Waals surface area contributed by atoms with Crippen molar-refractivity contribution in [3.63, 3.8) is 0 Å². The molecule has 1 aliphatic heterocycles. The van der Waals surface area contributed by atoms with Gasteiger partial charge in [0.25, 0.3) is 0 Å². The number of hydrogen-bond acceptors (Lipinski definition) is 2. The van der Waals surface area contributed by atoms with Gasteiger partial charge in [0, 0.05) is 6.04 Å². The molecular weight excluding hydrogens is 196 g/mol. The van der Waals surface area contributed by atoms with E-state index < -0.39 is 0 Å². The molecule has 0 amide bonds. The standard InChI is InChI=1S/C14H26N2/c1-2-13(16-8-1)7-9-15-10-14(11-3-4-11)12-5-6-12/h11-16H,1-10H2. The SMILES string of the molecule is C1CNC(CCNCC(C2CC2)C2CC2)C1. The van der Waals surface area contributed by atoms with E-state index in [0.717, 1.165) is 23.8 Å². The zero-order chi connectivity index (χ0) is 10.8. The van der Waals surface area contributed by atoms with Gasteiger partial charge < -0.3 is 10.6 Å². The molecule has 0 spiro atoms. The second-order valence-corrected chi connectivity index (χ2v) is 6.12. The van der Waals surface area contributed by atoms with E-state index in [0.29, 0.717) is 0 Å². The number of hydrogen-bond donors (Lipinski definition) is 2. The summed E-state index contributed by atoms with van der Waals surface area (Å²) in [6, 6.07) is 0.813. The minimum Gasteiger partial charge on any atom is -0.316 e. The molecule has 0 radical (unpaired) electrons. The minimum absolute atomic E-state index is 0.813. The van der Waals surface area contributed by atoms with Crippen molar-refractivity contribution >= 4 is 0 Å². The maximum atomic E-state index is 3.72. The van der Waals surface area contributed by atoms with Crippen molar-refractivity contribution in [2.45, 2.75) is 51.0 Å². The van der Waals surface area contributed by atoms with Crippen molar-refractivity contribution in [2.75, 3.05) is 19.6 Å². The lowest BCUT2D eigenvalue weighted by atomic mass is 9.98. The lowest BCUT2D eigenvalue weighted by Gasteiger charge is -2.17. The van der Waals surface area contributed by atoms with Crippen LogP contribution in [0.1, 0.15) is 44.9 Å². The van der Waals surface area contributed by atoms with Gasteiger partial charge in [0.15, 0.2) is 0 Å². The molecule has 2 nitrogen and oxygen atoms in total. The predicted octanol–water partition coefficient (Wildman–Crippen LogP) is 2.15. The van der Waals surface area contributed by atoms with Crippen molar-refractivity contribution in [3.8, 4) is 0 Å². The van der Waals surface area contributed by atoms with Crippen LogP contribution < -0.4 is 10.6 Å². The molecule has 92 valence electrons. The van der Waals surface area contributed by atoms with E-state index in [9.17, 15) is 0 Å². The lowest BCUT2D eigenvalue weighted by Crippen LogP contribution is -2.31. The fraction of sp³-hybridized carbons (Fsp3) is 1.00. The Morgan fingerprint density at radius 2 is 1.81 bits per heavy atom. The van der Waals surface area contributed by atoms with Crippen LogP contribution in [0.2, 0.25) is 0 Å². The molecule has 3 rings (SSSR count). The van der Waals surface area contributed by atoms with Gasteiger partial charge in [0.05, 0.1) is 0 Å². The summed E-state index contributed by atoms with van der Waals surface area (Å²) in [4.78, 5) is 0. The van der Waals surface area contributed by atoms with E-state index in [2.05, 4.69) is 10.6 Å². The third-order valence-corrected chi connectivity index (χ3v) is 4.67. The molecule has 1 unspecified atom stereocenters. The van der Waals surface area contributed by atoms with Crippen molar-refractivity contribution in [1.29, 1.82) is 0 Å². The summed E-state index contributed by atoms with van der Waals surface area (Å²) in [5, 5.41) is 7.29. The molecule has 16 heavy (non-hydrogen) atoms. The van der Waals surface area contributed by atoms with Crippen LogP contribution in [0.5, 0.6) is 0 Å². The Balaban J connectivity index is 1.29. The van der Waals surface area contributed by atoms with Crippen molar-refractivity contribution in [3.05, 3.63) is 0 Å². The first-order valence-corrected chi connectivity index (χ1v) is 7.37. The monoisotopic (exact) mass is 222 g/mol. The van der Waals surface area contributed by atoms with E-state index in [1.54, 1.807) is 0 Å². The molecule has 1 heterocycles. The van der Waals surface area contributed by atoms with Gasteiger partial charge in [-0.2, -0.15) is 0 Å². The summed E-state index contributed by atoms with van der Waals surface area (Å²) in [6.45, 7) is 3.78. The molecule has 2 saturated carbocycles. The molecule has 0 aromatic carbocycles. The fourth-order valence-corrected chi connectivity index (χ4v) is 3.32. The average Bonchev–Trinajstić information content (AvgIpc) is 3.20. The molecule has 0 aromatic heterocycles. The molecule has 3 fully saturated rings. The average molecular weight is 222 g/mol. The summed E-state index contributed by atoms with van der Waals surface area (Å²) in [5.74, 6) is 3.24. The number of nitrogens with one attached hydrogen (secondary N) is 2. The molecule has 3 aliphatic rings. The van der Waals surface area contributed by atoms with Crippen LogP contribution in [0.3, 0.4) is 0 Å². The van der Waals surface area contributed by atoms with Crippen LogP contribution in [0, 0.1) is 17.8 Å². The third kappa shape index (κ3) is 2.98. The second kappa shape index (κ2) is 5.05. The van der Waals surface area contributed by atoms with Gasteiger partial charge in [0.1, 0.15) is 0 Å². The minimum atomic E-state index is 0.813. The molecular formula is C14H26N2. The molecule has 2 aliphatic carbocycles. The van der Waals surface area contributed by atoms with Gasteiger partial charge in [0.2, 0.25) is 0 Å². The molecule has 1 saturated heterocycles. The van der Waals surface area contributed by atoms with Crippen LogP contribution in [0.25, 0.3) is 0 Å². The summed E-state index contributed by atoms with van der Waals surface area (Å²) >= 11 is 0. The Labute approximate surface area is 99.6 Å². The smallest absolute Gasteiger partial charge is 0.00796 e. The van der Waals surface area contributed by atoms with E-state index in [-0.39, 0.29) is 0 Å². The third-order valence-electron chi connectivity index (χ3n) is 4.67. The molecule has 2 N–H and O–H groups in total. The zero-order valence-corrected chi connectivity index (χ0v) is 10.4. The zero-order valence-electron chi connectivity index (χ0n) is 10.4. The Morgan fingerprint density at radius 1 is 1.06 bits per heavy atom. The first kappa shape index (κ1) is 11.0. The van der Waals surface area contributed by atoms with Gasteiger partial charge in [-0.05, 0) is 82.3 Å². The Bertz CT molecular complexity index is 203. The van der Waals surface area contributed by atoms with Gasteiger partial charge in [-0.15, -0.1) is 0 Å². The summed E-state index contributed by atoms with van der Waals surface area (Å²) in [5.41, 5.74) is 0. The highest BCUT2D eigenvalue weighted by Gasteiger charge is 2.40. The Hall–Kier alpha value is -0.0800. The summed E-state index contributed by atoms with van der Waals surface area (Å²) < 4.78 is 0. The Morgan fingerprint density at radius 3 is 2.38 bits per heavy atom. The van der Waals surface area contributed by atoms with Gasteiger partial charge in [-0.1, -0.05) is 0 Å². The molecule has 2 heteroatoms. The van der Waals surface area contributed by atoms with Crippen molar-refractivity contribution in [2.24, 2.45) is 17.8 Å². The van der Waals surface area contributed by atoms with Crippen LogP contribution in [0.4, 0.5) is 0 Å². The maximum absolute atomic E-state index is 3.72. The van der Waals surface area contributed by atoms with E-state index in [1.165, 1.54) is 64.6 Å². The van der Waals surface area contributed by atoms with Gasteiger partial charge in [-0.25, -0.2) is 0 Å². The highest BCUT2D eigenvalue weighted by Crippen LogP contribution is 2.48. The van der Waals surface area contributed by atoms with E-state index in [1.807, 2.05) is 0 Å². The van der Waals surface area contributed by atoms with Crippen LogP contribution in [-0.2, 0) is 0 Å². The fourth-order valence-electron chi connectivity index (χ4n) is 3.32. The van der Waals surface area contributed by atoms with Crippen LogP contribution in [0.15, 0.2) is 0 Å². The molecule has 0 aromatic rings. The summed E-state index contributed by atoms with van der Waals surface area (Å²) in [7, 11) is 0. The quantitative estimate of drug-likeness (QED) is 0.645. The predicted molar refractivity (Wildman–Crippen MR) is 67.4 cm³/mol. The number of rotatable bonds is 7. The highest BCUT2D eigenvalue weighted by atomic mass is 15.0. The maximum Gasteiger partial charge on any atom is 0.00796 e. The first-order chi connectivity index (χ1) is 7.93. The van der Waals surface area contributed by atoms with E-state index >= 15 is 0 Å². The topological polar surface area (TPSA) is 24.1 Å². The second-order valence-electron chi connectivity index (χ2n) is 6.12. The lowest BCUT2D eigenvalue weighted by molar-refractivity contribution is 0.373. The summed E-state index contributed by atoms with van der Waals surface area (Å²) in [6.07, 6.45) is 10.2. The van der Waals surface area contributed by atoms with Crippen LogP contribution in [-0.4, -0.2) is 25.7 Å². The highest BCUT2D eigenvalue weighted by molar-refractivity contribution is 4.92. The van der Waals surface area contributed by atoms with Crippen molar-refractivity contribution in [1.82, 2.24) is 10.6 Å². The Kier molecular flexibility index (Phi) is 3.49. The van der Waals surface area contributed by atoms with Crippen molar-refractivity contribution < 1.29 is 0 Å².